The number of benzene rings is 1. The van der Waals surface area contributed by atoms with Crippen molar-refractivity contribution in [1.29, 1.82) is 0 Å². The average molecular weight is 184 g/mol. The van der Waals surface area contributed by atoms with Gasteiger partial charge in [0.1, 0.15) is 0 Å². The normalized spacial score (nSPS) is 13.6. The van der Waals surface area contributed by atoms with Gasteiger partial charge in [0.05, 0.1) is 0 Å². The minimum Gasteiger partial charge on any atom is -0.289 e. The molecule has 1 saturated carbocycles. The van der Waals surface area contributed by atoms with Crippen molar-refractivity contribution in [2.24, 2.45) is 0 Å². The first kappa shape index (κ1) is 8.95. The van der Waals surface area contributed by atoms with Gasteiger partial charge in [-0.05, 0) is 24.5 Å². The third-order valence-electron chi connectivity index (χ3n) is 2.35. The molecule has 1 heteroatoms. The standard InChI is InChI=1S/C13H12O/c1-2-12(14)13(11-8-9-11)10-6-4-3-5-7-10/h2-7H,1,8-9H2. The van der Waals surface area contributed by atoms with Gasteiger partial charge < -0.3 is 0 Å². The molecule has 1 nitrogen and oxygen atoms in total. The molecule has 0 bridgehead atoms. The first-order valence-electron chi connectivity index (χ1n) is 4.77. The minimum atomic E-state index is 0.0451. The Balaban J connectivity index is 2.44. The molecule has 0 unspecified atom stereocenters. The molecule has 0 amide bonds. The summed E-state index contributed by atoms with van der Waals surface area (Å²) in [7, 11) is 0. The van der Waals surface area contributed by atoms with E-state index in [9.17, 15) is 4.79 Å². The lowest BCUT2D eigenvalue weighted by molar-refractivity contribution is -0.109. The first-order chi connectivity index (χ1) is 6.83. The van der Waals surface area contributed by atoms with Crippen LogP contribution >= 0.6 is 0 Å². The maximum atomic E-state index is 11.6. The molecule has 0 spiro atoms. The van der Waals surface area contributed by atoms with Gasteiger partial charge >= 0.3 is 0 Å². The zero-order valence-corrected chi connectivity index (χ0v) is 7.99. The summed E-state index contributed by atoms with van der Waals surface area (Å²) in [5.41, 5.74) is 3.15. The maximum absolute atomic E-state index is 11.6. The predicted octanol–water partition coefficient (Wildman–Crippen LogP) is 2.99. The molecule has 0 saturated heterocycles. The molecule has 1 aromatic carbocycles. The van der Waals surface area contributed by atoms with Crippen LogP contribution in [0.5, 0.6) is 0 Å². The van der Waals surface area contributed by atoms with Crippen molar-refractivity contribution in [2.45, 2.75) is 12.8 Å². The highest BCUT2D eigenvalue weighted by Gasteiger charge is 2.22. The number of ketones is 1. The molecule has 1 aliphatic rings. The Kier molecular flexibility index (Phi) is 2.32. The van der Waals surface area contributed by atoms with Crippen LogP contribution in [0.1, 0.15) is 18.4 Å². The molecular weight excluding hydrogens is 172 g/mol. The van der Waals surface area contributed by atoms with Crippen molar-refractivity contribution in [3.05, 3.63) is 54.1 Å². The Morgan fingerprint density at radius 3 is 2.36 bits per heavy atom. The quantitative estimate of drug-likeness (QED) is 0.660. The fraction of sp³-hybridized carbons (Fsp3) is 0.154. The first-order valence-corrected chi connectivity index (χ1v) is 4.77. The van der Waals surface area contributed by atoms with Crippen molar-refractivity contribution in [3.8, 4) is 0 Å². The molecule has 0 aromatic heterocycles. The van der Waals surface area contributed by atoms with Gasteiger partial charge in [-0.25, -0.2) is 0 Å². The number of carbonyl (C=O) groups is 1. The molecule has 0 N–H and O–H groups in total. The third kappa shape index (κ3) is 1.67. The second-order valence-corrected chi connectivity index (χ2v) is 3.41. The average Bonchev–Trinajstić information content (AvgIpc) is 3.04. The number of rotatable bonds is 3. The molecular formula is C13H12O. The van der Waals surface area contributed by atoms with Gasteiger partial charge in [0, 0.05) is 5.57 Å². The lowest BCUT2D eigenvalue weighted by Gasteiger charge is -2.02. The van der Waals surface area contributed by atoms with Gasteiger partial charge in [-0.15, -0.1) is 0 Å². The van der Waals surface area contributed by atoms with Crippen molar-refractivity contribution in [2.75, 3.05) is 0 Å². The van der Waals surface area contributed by atoms with Gasteiger partial charge in [-0.3, -0.25) is 4.79 Å². The molecule has 2 rings (SSSR count). The lowest BCUT2D eigenvalue weighted by Crippen LogP contribution is -1.97. The molecule has 0 atom stereocenters. The van der Waals surface area contributed by atoms with E-state index in [2.05, 4.69) is 6.58 Å². The van der Waals surface area contributed by atoms with Crippen LogP contribution in [-0.2, 0) is 4.79 Å². The molecule has 0 radical (unpaired) electrons. The topological polar surface area (TPSA) is 17.1 Å². The van der Waals surface area contributed by atoms with Gasteiger partial charge in [-0.1, -0.05) is 42.5 Å². The Bertz CT molecular complexity index is 393. The van der Waals surface area contributed by atoms with Crippen molar-refractivity contribution in [3.63, 3.8) is 0 Å². The van der Waals surface area contributed by atoms with E-state index >= 15 is 0 Å². The van der Waals surface area contributed by atoms with Crippen molar-refractivity contribution >= 4 is 11.4 Å². The van der Waals surface area contributed by atoms with E-state index in [0.29, 0.717) is 0 Å². The van der Waals surface area contributed by atoms with Crippen molar-refractivity contribution < 1.29 is 4.79 Å². The van der Waals surface area contributed by atoms with Crippen LogP contribution in [0, 0.1) is 0 Å². The van der Waals surface area contributed by atoms with Crippen LogP contribution in [0.15, 0.2) is 48.6 Å². The lowest BCUT2D eigenvalue weighted by atomic mass is 10.0. The summed E-state index contributed by atoms with van der Waals surface area (Å²) in [6.45, 7) is 3.53. The number of carbonyl (C=O) groups excluding carboxylic acids is 1. The second kappa shape index (κ2) is 3.62. The molecule has 1 fully saturated rings. The van der Waals surface area contributed by atoms with Gasteiger partial charge in [0.2, 0.25) is 0 Å². The smallest absolute Gasteiger partial charge is 0.185 e. The summed E-state index contributed by atoms with van der Waals surface area (Å²) in [6, 6.07) is 9.81. The Morgan fingerprint density at radius 2 is 1.86 bits per heavy atom. The summed E-state index contributed by atoms with van der Waals surface area (Å²) in [5, 5.41) is 0. The summed E-state index contributed by atoms with van der Waals surface area (Å²) in [6.07, 6.45) is 3.52. The number of hydrogen-bond donors (Lipinski definition) is 0. The van der Waals surface area contributed by atoms with E-state index in [1.165, 1.54) is 11.6 Å². The number of hydrogen-bond acceptors (Lipinski definition) is 1. The fourth-order valence-electron chi connectivity index (χ4n) is 1.54. The van der Waals surface area contributed by atoms with Gasteiger partial charge in [0.15, 0.2) is 5.78 Å². The number of allylic oxidation sites excluding steroid dienone is 3. The highest BCUT2D eigenvalue weighted by atomic mass is 16.1. The molecule has 1 aliphatic carbocycles. The van der Waals surface area contributed by atoms with Crippen LogP contribution in [0.2, 0.25) is 0 Å². The summed E-state index contributed by atoms with van der Waals surface area (Å²) in [4.78, 5) is 11.6. The Morgan fingerprint density at radius 1 is 1.21 bits per heavy atom. The minimum absolute atomic E-state index is 0.0451. The van der Waals surface area contributed by atoms with E-state index < -0.39 is 0 Å². The van der Waals surface area contributed by atoms with E-state index in [0.717, 1.165) is 24.0 Å². The maximum Gasteiger partial charge on any atom is 0.185 e. The van der Waals surface area contributed by atoms with E-state index in [4.69, 9.17) is 0 Å². The van der Waals surface area contributed by atoms with E-state index in [1.807, 2.05) is 30.3 Å². The van der Waals surface area contributed by atoms with Crippen LogP contribution < -0.4 is 0 Å². The van der Waals surface area contributed by atoms with Gasteiger partial charge in [-0.2, -0.15) is 0 Å². The largest absolute Gasteiger partial charge is 0.289 e. The van der Waals surface area contributed by atoms with Crippen LogP contribution in [0.25, 0.3) is 5.57 Å². The van der Waals surface area contributed by atoms with Crippen molar-refractivity contribution in [1.82, 2.24) is 0 Å². The zero-order chi connectivity index (χ0) is 9.97. The van der Waals surface area contributed by atoms with Crippen LogP contribution in [-0.4, -0.2) is 5.78 Å². The fourth-order valence-corrected chi connectivity index (χ4v) is 1.54. The highest BCUT2D eigenvalue weighted by molar-refractivity contribution is 6.27. The van der Waals surface area contributed by atoms with Crippen LogP contribution in [0.4, 0.5) is 0 Å². The second-order valence-electron chi connectivity index (χ2n) is 3.41. The van der Waals surface area contributed by atoms with E-state index in [-0.39, 0.29) is 5.78 Å². The van der Waals surface area contributed by atoms with Crippen LogP contribution in [0.3, 0.4) is 0 Å². The molecule has 70 valence electrons. The summed E-state index contributed by atoms with van der Waals surface area (Å²) in [5.74, 6) is 0.0451. The third-order valence-corrected chi connectivity index (χ3v) is 2.35. The zero-order valence-electron chi connectivity index (χ0n) is 7.99. The molecule has 0 heterocycles. The molecule has 0 aliphatic heterocycles. The summed E-state index contributed by atoms with van der Waals surface area (Å²) >= 11 is 0. The van der Waals surface area contributed by atoms with E-state index in [1.54, 1.807) is 0 Å². The molecule has 14 heavy (non-hydrogen) atoms. The predicted molar refractivity (Wildman–Crippen MR) is 57.8 cm³/mol. The Hall–Kier alpha value is -1.63. The summed E-state index contributed by atoms with van der Waals surface area (Å²) < 4.78 is 0. The monoisotopic (exact) mass is 184 g/mol. The highest BCUT2D eigenvalue weighted by Crippen LogP contribution is 2.36. The molecule has 1 aromatic rings. The Labute approximate surface area is 83.8 Å². The SMILES string of the molecule is C=CC(=O)C(=C1CC1)c1ccccc1. The van der Waals surface area contributed by atoms with Gasteiger partial charge in [0.25, 0.3) is 0 Å².